The van der Waals surface area contributed by atoms with E-state index in [4.69, 9.17) is 18.5 Å². The van der Waals surface area contributed by atoms with Gasteiger partial charge in [-0.1, -0.05) is 154 Å². The summed E-state index contributed by atoms with van der Waals surface area (Å²) in [6, 6.07) is 22.6. The van der Waals surface area contributed by atoms with Gasteiger partial charge in [0.1, 0.15) is 11.5 Å². The topological polar surface area (TPSA) is 117 Å². The van der Waals surface area contributed by atoms with Crippen LogP contribution >= 0.6 is 15.2 Å². The van der Waals surface area contributed by atoms with Crippen LogP contribution in [0.2, 0.25) is 0 Å². The third kappa shape index (κ3) is 11.8. The fourth-order valence-corrected chi connectivity index (χ4v) is 11.8. The second kappa shape index (κ2) is 23.8. The fourth-order valence-electron chi connectivity index (χ4n) is 9.73. The first-order valence-electron chi connectivity index (χ1n) is 24.4. The van der Waals surface area contributed by atoms with Gasteiger partial charge < -0.3 is 37.4 Å². The molecular formula is C53H72O8P2-2. The number of rotatable bonds is 30. The lowest BCUT2D eigenvalue weighted by atomic mass is 9.70. The SMILES string of the molecule is CCCCCCCCCCCCOc1ccc2c(c1)C1(c3cc(OCCCCCCCCCCCC)ccc3-c3ccc(P(=O)([O-])OCC)cc31)c1cc(P(=O)([O-])OCC)ccc1-2. The van der Waals surface area contributed by atoms with Crippen LogP contribution in [-0.2, 0) is 23.6 Å². The van der Waals surface area contributed by atoms with Crippen molar-refractivity contribution in [1.29, 1.82) is 0 Å². The Kier molecular flexibility index (Phi) is 18.6. The van der Waals surface area contributed by atoms with Gasteiger partial charge in [-0.2, -0.15) is 0 Å². The molecule has 4 aromatic carbocycles. The monoisotopic (exact) mass is 898 g/mol. The van der Waals surface area contributed by atoms with E-state index < -0.39 is 20.6 Å². The van der Waals surface area contributed by atoms with E-state index in [1.807, 2.05) is 24.3 Å². The van der Waals surface area contributed by atoms with Gasteiger partial charge in [0, 0.05) is 10.6 Å². The average molecular weight is 899 g/mol. The van der Waals surface area contributed by atoms with Crippen LogP contribution < -0.4 is 29.9 Å². The molecule has 10 heteroatoms. The first kappa shape index (κ1) is 49.2. The van der Waals surface area contributed by atoms with Gasteiger partial charge in [0.2, 0.25) is 0 Å². The van der Waals surface area contributed by atoms with Crippen LogP contribution in [0.1, 0.15) is 178 Å². The summed E-state index contributed by atoms with van der Waals surface area (Å²) in [5.41, 5.74) is 5.74. The molecule has 0 heterocycles. The lowest BCUT2D eigenvalue weighted by Gasteiger charge is -2.33. The van der Waals surface area contributed by atoms with Gasteiger partial charge in [0.05, 0.1) is 31.8 Å². The number of benzene rings is 4. The van der Waals surface area contributed by atoms with Crippen molar-refractivity contribution in [2.24, 2.45) is 0 Å². The summed E-state index contributed by atoms with van der Waals surface area (Å²) in [7, 11) is -8.90. The first-order chi connectivity index (χ1) is 30.6. The second-order valence-corrected chi connectivity index (χ2v) is 21.1. The molecule has 0 saturated heterocycles. The molecule has 2 aliphatic rings. The smallest absolute Gasteiger partial charge is 0.165 e. The third-order valence-corrected chi connectivity index (χ3v) is 16.0. The number of unbranched alkanes of at least 4 members (excludes halogenated alkanes) is 18. The van der Waals surface area contributed by atoms with Crippen LogP contribution in [-0.4, -0.2) is 26.4 Å². The number of hydrogen-bond donors (Lipinski definition) is 0. The number of ether oxygens (including phenoxy) is 2. The second-order valence-electron chi connectivity index (χ2n) is 17.5. The normalized spacial score (nSPS) is 16.6. The Labute approximate surface area is 378 Å². The maximum absolute atomic E-state index is 13.6. The lowest BCUT2D eigenvalue weighted by molar-refractivity contribution is -0.194. The largest absolute Gasteiger partial charge is 0.775 e. The standard InChI is InChI=1S/C53H74O8P2/c1-5-9-11-13-15-17-19-21-23-25-35-58-41-27-31-45-47-33-29-43(62(54,55)60-7-3)39-51(47)53(49(45)37-41)50-38-42(59-36-26-24-22-20-18-16-14-12-10-6-2)28-32-46(50)48-34-30-44(40-52(48)53)63(56,57)61-8-4/h27-34,37-40H,5-26,35-36H2,1-4H3,(H,54,55)(H,56,57)/p-2. The number of hydrogen-bond acceptors (Lipinski definition) is 8. The third-order valence-electron chi connectivity index (χ3n) is 12.9. The van der Waals surface area contributed by atoms with Crippen molar-refractivity contribution in [2.45, 2.75) is 162 Å². The van der Waals surface area contributed by atoms with Crippen molar-refractivity contribution in [3.8, 4) is 33.8 Å². The van der Waals surface area contributed by atoms with E-state index in [-0.39, 0.29) is 23.8 Å². The zero-order valence-electron chi connectivity index (χ0n) is 38.6. The quantitative estimate of drug-likeness (QED) is 0.0324. The lowest BCUT2D eigenvalue weighted by Crippen LogP contribution is -2.29. The molecule has 2 unspecified atom stereocenters. The highest BCUT2D eigenvalue weighted by molar-refractivity contribution is 7.60. The van der Waals surface area contributed by atoms with Gasteiger partial charge in [-0.25, -0.2) is 0 Å². The van der Waals surface area contributed by atoms with E-state index >= 15 is 0 Å². The molecule has 0 N–H and O–H groups in total. The Morgan fingerprint density at radius 1 is 0.413 bits per heavy atom. The molecule has 63 heavy (non-hydrogen) atoms. The Bertz CT molecular complexity index is 2030. The van der Waals surface area contributed by atoms with Crippen LogP contribution in [0.4, 0.5) is 0 Å². The van der Waals surface area contributed by atoms with Crippen LogP contribution in [0.25, 0.3) is 22.3 Å². The van der Waals surface area contributed by atoms with Crippen molar-refractivity contribution in [3.63, 3.8) is 0 Å². The molecule has 0 aromatic heterocycles. The molecule has 0 radical (unpaired) electrons. The average Bonchev–Trinajstić information content (AvgIpc) is 3.73. The molecule has 0 amide bonds. The van der Waals surface area contributed by atoms with Gasteiger partial charge in [-0.15, -0.1) is 0 Å². The predicted octanol–water partition coefficient (Wildman–Crippen LogP) is 13.1. The Balaban J connectivity index is 1.33. The van der Waals surface area contributed by atoms with E-state index in [1.165, 1.54) is 103 Å². The molecule has 0 aliphatic heterocycles. The zero-order chi connectivity index (χ0) is 44.7. The molecule has 0 saturated carbocycles. The maximum atomic E-state index is 13.6. The van der Waals surface area contributed by atoms with Gasteiger partial charge >= 0.3 is 0 Å². The minimum absolute atomic E-state index is 0.00790. The van der Waals surface area contributed by atoms with Gasteiger partial charge in [-0.3, -0.25) is 0 Å². The summed E-state index contributed by atoms with van der Waals surface area (Å²) in [5.74, 6) is 1.42. The summed E-state index contributed by atoms with van der Waals surface area (Å²) in [5, 5.41) is 0.132. The molecular weight excluding hydrogens is 827 g/mol. The van der Waals surface area contributed by atoms with Crippen molar-refractivity contribution in [1.82, 2.24) is 0 Å². The van der Waals surface area contributed by atoms with E-state index in [1.54, 1.807) is 38.1 Å². The van der Waals surface area contributed by atoms with E-state index in [0.717, 1.165) is 70.2 Å². The van der Waals surface area contributed by atoms with Crippen LogP contribution in [0.15, 0.2) is 72.8 Å². The molecule has 2 aliphatic carbocycles. The highest BCUT2D eigenvalue weighted by Gasteiger charge is 2.53. The minimum Gasteiger partial charge on any atom is -0.775 e. The summed E-state index contributed by atoms with van der Waals surface area (Å²) in [6.07, 6.45) is 24.7. The van der Waals surface area contributed by atoms with Crippen molar-refractivity contribution < 1.29 is 37.4 Å². The van der Waals surface area contributed by atoms with Crippen molar-refractivity contribution in [3.05, 3.63) is 95.1 Å². The predicted molar refractivity (Wildman–Crippen MR) is 255 cm³/mol. The Hall–Kier alpha value is -3.22. The van der Waals surface area contributed by atoms with Crippen LogP contribution in [0.3, 0.4) is 0 Å². The molecule has 344 valence electrons. The van der Waals surface area contributed by atoms with Gasteiger partial charge in [0.15, 0.2) is 15.2 Å². The van der Waals surface area contributed by atoms with Crippen molar-refractivity contribution >= 4 is 25.8 Å². The molecule has 1 spiro atoms. The molecule has 0 bridgehead atoms. The highest BCUT2D eigenvalue weighted by Crippen LogP contribution is 2.64. The number of fused-ring (bicyclic) bond motifs is 10. The molecule has 2 atom stereocenters. The minimum atomic E-state index is -4.45. The molecule has 4 aromatic rings. The first-order valence-corrected chi connectivity index (χ1v) is 27.5. The molecule has 8 nitrogen and oxygen atoms in total. The zero-order valence-corrected chi connectivity index (χ0v) is 40.3. The maximum Gasteiger partial charge on any atom is 0.165 e. The van der Waals surface area contributed by atoms with Crippen LogP contribution in [0, 0.1) is 0 Å². The molecule has 6 rings (SSSR count). The van der Waals surface area contributed by atoms with E-state index in [2.05, 4.69) is 38.1 Å². The fraction of sp³-hybridized carbons (Fsp3) is 0.547. The Morgan fingerprint density at radius 2 is 0.714 bits per heavy atom. The summed E-state index contributed by atoms with van der Waals surface area (Å²) < 4.78 is 50.9. The summed E-state index contributed by atoms with van der Waals surface area (Å²) in [6.45, 7) is 9.00. The van der Waals surface area contributed by atoms with Crippen LogP contribution in [0.5, 0.6) is 11.5 Å². The van der Waals surface area contributed by atoms with Crippen molar-refractivity contribution in [2.75, 3.05) is 26.4 Å². The summed E-state index contributed by atoms with van der Waals surface area (Å²) >= 11 is 0. The van der Waals surface area contributed by atoms with E-state index in [9.17, 15) is 18.9 Å². The highest BCUT2D eigenvalue weighted by atomic mass is 31.2. The van der Waals surface area contributed by atoms with E-state index in [0.29, 0.717) is 24.7 Å². The summed E-state index contributed by atoms with van der Waals surface area (Å²) in [4.78, 5) is 27.2. The van der Waals surface area contributed by atoms with Gasteiger partial charge in [-0.05, 0) is 120 Å². The Morgan fingerprint density at radius 3 is 1.05 bits per heavy atom. The van der Waals surface area contributed by atoms with Gasteiger partial charge in [0.25, 0.3) is 0 Å². The molecule has 0 fully saturated rings.